The molecule has 136 valence electrons. The van der Waals surface area contributed by atoms with Gasteiger partial charge in [-0.15, -0.1) is 0 Å². The van der Waals surface area contributed by atoms with Gasteiger partial charge in [-0.05, 0) is 24.1 Å². The van der Waals surface area contributed by atoms with E-state index >= 15 is 0 Å². The minimum atomic E-state index is -3.38. The molecule has 1 saturated heterocycles. The summed E-state index contributed by atoms with van der Waals surface area (Å²) in [5.74, 6) is 0. The second kappa shape index (κ2) is 8.12. The number of aryl methyl sites for hydroxylation is 1. The minimum absolute atomic E-state index is 0.402. The molecular formula is C18H26N4O2S. The summed E-state index contributed by atoms with van der Waals surface area (Å²) in [7, 11) is -3.38. The lowest BCUT2D eigenvalue weighted by Gasteiger charge is -2.34. The van der Waals surface area contributed by atoms with E-state index in [9.17, 15) is 8.42 Å². The molecule has 25 heavy (non-hydrogen) atoms. The van der Waals surface area contributed by atoms with Crippen LogP contribution in [-0.4, -0.2) is 59.9 Å². The van der Waals surface area contributed by atoms with Gasteiger partial charge in [-0.25, -0.2) is 13.4 Å². The third-order valence-electron chi connectivity index (χ3n) is 4.66. The number of piperazine rings is 1. The van der Waals surface area contributed by atoms with Crippen molar-refractivity contribution in [3.05, 3.63) is 48.5 Å². The predicted octanol–water partition coefficient (Wildman–Crippen LogP) is 1.84. The van der Waals surface area contributed by atoms with Gasteiger partial charge < -0.3 is 4.57 Å². The Kier molecular flexibility index (Phi) is 5.88. The van der Waals surface area contributed by atoms with Crippen LogP contribution in [0.5, 0.6) is 0 Å². The van der Waals surface area contributed by atoms with Crippen LogP contribution in [0.1, 0.15) is 18.9 Å². The Morgan fingerprint density at radius 2 is 1.76 bits per heavy atom. The van der Waals surface area contributed by atoms with Gasteiger partial charge in [0.25, 0.3) is 0 Å². The number of hydrogen-bond acceptors (Lipinski definition) is 4. The summed E-state index contributed by atoms with van der Waals surface area (Å²) in [5.41, 5.74) is 1.19. The molecule has 2 aromatic rings. The average molecular weight is 362 g/mol. The average Bonchev–Trinajstić information content (AvgIpc) is 3.15. The van der Waals surface area contributed by atoms with E-state index in [0.717, 1.165) is 39.0 Å². The van der Waals surface area contributed by atoms with Crippen molar-refractivity contribution in [2.24, 2.45) is 0 Å². The van der Waals surface area contributed by atoms with Crippen LogP contribution in [0.4, 0.5) is 0 Å². The number of sulfonamides is 1. The van der Waals surface area contributed by atoms with Gasteiger partial charge in [0.1, 0.15) is 0 Å². The van der Waals surface area contributed by atoms with Gasteiger partial charge in [-0.2, -0.15) is 4.31 Å². The third kappa shape index (κ3) is 4.48. The molecule has 0 atom stereocenters. The van der Waals surface area contributed by atoms with Crippen LogP contribution < -0.4 is 0 Å². The van der Waals surface area contributed by atoms with Crippen molar-refractivity contribution in [1.82, 2.24) is 18.8 Å². The van der Waals surface area contributed by atoms with Crippen LogP contribution in [0.3, 0.4) is 0 Å². The van der Waals surface area contributed by atoms with E-state index in [1.165, 1.54) is 5.56 Å². The highest BCUT2D eigenvalue weighted by Gasteiger charge is 2.28. The first-order valence-electron chi connectivity index (χ1n) is 8.87. The van der Waals surface area contributed by atoms with Gasteiger partial charge in [0.05, 0.1) is 11.2 Å². The molecule has 2 heterocycles. The molecule has 0 N–H and O–H groups in total. The Hall–Kier alpha value is -1.70. The quantitative estimate of drug-likeness (QED) is 0.754. The molecule has 0 aliphatic carbocycles. The molecule has 1 aliphatic heterocycles. The molecule has 0 saturated carbocycles. The summed E-state index contributed by atoms with van der Waals surface area (Å²) in [6.45, 7) is 6.54. The van der Waals surface area contributed by atoms with Crippen molar-refractivity contribution in [1.29, 1.82) is 0 Å². The summed E-state index contributed by atoms with van der Waals surface area (Å²) in [5, 5.41) is 0. The van der Waals surface area contributed by atoms with E-state index in [1.807, 2.05) is 29.2 Å². The maximum absolute atomic E-state index is 12.8. The molecule has 1 aromatic carbocycles. The number of rotatable bonds is 7. The lowest BCUT2D eigenvalue weighted by molar-refractivity contribution is 0.183. The van der Waals surface area contributed by atoms with Crippen molar-refractivity contribution in [2.45, 2.75) is 31.2 Å². The molecule has 6 nitrogen and oxygen atoms in total. The number of nitrogens with zero attached hydrogens (tertiary/aromatic N) is 4. The fourth-order valence-electron chi connectivity index (χ4n) is 3.14. The van der Waals surface area contributed by atoms with Gasteiger partial charge in [-0.3, -0.25) is 4.90 Å². The zero-order valence-electron chi connectivity index (χ0n) is 14.7. The fourth-order valence-corrected chi connectivity index (χ4v) is 4.56. The summed E-state index contributed by atoms with van der Waals surface area (Å²) in [6, 6.07) is 7.34. The lowest BCUT2D eigenvalue weighted by atomic mass is 10.1. The molecule has 0 spiro atoms. The van der Waals surface area contributed by atoms with Crippen LogP contribution in [0, 0.1) is 0 Å². The highest BCUT2D eigenvalue weighted by atomic mass is 32.2. The Morgan fingerprint density at radius 3 is 2.36 bits per heavy atom. The largest absolute Gasteiger partial charge is 0.336 e. The highest BCUT2D eigenvalue weighted by Crippen LogP contribution is 2.18. The van der Waals surface area contributed by atoms with E-state index in [-0.39, 0.29) is 0 Å². The predicted molar refractivity (Wildman–Crippen MR) is 97.9 cm³/mol. The maximum atomic E-state index is 12.8. The molecule has 1 fully saturated rings. The van der Waals surface area contributed by atoms with E-state index in [0.29, 0.717) is 18.0 Å². The van der Waals surface area contributed by atoms with Crippen LogP contribution in [0.15, 0.2) is 47.9 Å². The zero-order valence-corrected chi connectivity index (χ0v) is 15.5. The fraction of sp³-hybridized carbons (Fsp3) is 0.500. The topological polar surface area (TPSA) is 58.4 Å². The molecule has 0 unspecified atom stereocenters. The molecule has 0 bridgehead atoms. The molecule has 7 heteroatoms. The Balaban J connectivity index is 1.55. The Bertz CT molecular complexity index is 749. The number of imidazole rings is 1. The Morgan fingerprint density at radius 1 is 1.04 bits per heavy atom. The highest BCUT2D eigenvalue weighted by molar-refractivity contribution is 7.89. The third-order valence-corrected chi connectivity index (χ3v) is 6.58. The van der Waals surface area contributed by atoms with E-state index < -0.39 is 10.0 Å². The second-order valence-electron chi connectivity index (χ2n) is 6.44. The van der Waals surface area contributed by atoms with Crippen molar-refractivity contribution in [3.8, 4) is 0 Å². The lowest BCUT2D eigenvalue weighted by Crippen LogP contribution is -2.49. The van der Waals surface area contributed by atoms with Gasteiger partial charge in [0, 0.05) is 51.7 Å². The van der Waals surface area contributed by atoms with E-state index in [4.69, 9.17) is 0 Å². The molecule has 0 amide bonds. The van der Waals surface area contributed by atoms with E-state index in [2.05, 4.69) is 16.8 Å². The van der Waals surface area contributed by atoms with Crippen molar-refractivity contribution >= 4 is 10.0 Å². The minimum Gasteiger partial charge on any atom is -0.336 e. The summed E-state index contributed by atoms with van der Waals surface area (Å²) in [6.07, 6.45) is 7.57. The van der Waals surface area contributed by atoms with Crippen molar-refractivity contribution < 1.29 is 8.42 Å². The van der Waals surface area contributed by atoms with Gasteiger partial charge in [0.2, 0.25) is 10.0 Å². The zero-order chi connectivity index (χ0) is 17.7. The van der Waals surface area contributed by atoms with Crippen LogP contribution >= 0.6 is 0 Å². The van der Waals surface area contributed by atoms with Crippen LogP contribution in [-0.2, 0) is 23.0 Å². The molecule has 3 rings (SSSR count). The standard InChI is InChI=1S/C18H26N4O2S/c1-2-3-17-4-6-18(7-5-17)25(23,24)22-14-12-20(13-15-22)10-11-21-9-8-19-16-21/h4-9,16H,2-3,10-15H2,1H3. The second-order valence-corrected chi connectivity index (χ2v) is 8.38. The first-order chi connectivity index (χ1) is 12.1. The van der Waals surface area contributed by atoms with Gasteiger partial charge >= 0.3 is 0 Å². The summed E-state index contributed by atoms with van der Waals surface area (Å²) < 4.78 is 29.3. The first kappa shape index (κ1) is 18.1. The number of aromatic nitrogens is 2. The molecular weight excluding hydrogens is 336 g/mol. The Labute approximate surface area is 150 Å². The molecule has 1 aliphatic rings. The summed E-state index contributed by atoms with van der Waals surface area (Å²) >= 11 is 0. The smallest absolute Gasteiger partial charge is 0.243 e. The maximum Gasteiger partial charge on any atom is 0.243 e. The van der Waals surface area contributed by atoms with Crippen LogP contribution in [0.25, 0.3) is 0 Å². The molecule has 0 radical (unpaired) electrons. The normalized spacial score (nSPS) is 17.0. The van der Waals surface area contributed by atoms with Gasteiger partial charge in [-0.1, -0.05) is 25.5 Å². The SMILES string of the molecule is CCCc1ccc(S(=O)(=O)N2CCN(CCn3ccnc3)CC2)cc1. The first-order valence-corrected chi connectivity index (χ1v) is 10.3. The number of benzene rings is 1. The van der Waals surface area contributed by atoms with E-state index in [1.54, 1.807) is 22.6 Å². The summed E-state index contributed by atoms with van der Waals surface area (Å²) in [4.78, 5) is 6.74. The van der Waals surface area contributed by atoms with Crippen molar-refractivity contribution in [3.63, 3.8) is 0 Å². The number of hydrogen-bond donors (Lipinski definition) is 0. The van der Waals surface area contributed by atoms with Crippen molar-refractivity contribution in [2.75, 3.05) is 32.7 Å². The van der Waals surface area contributed by atoms with Crippen LogP contribution in [0.2, 0.25) is 0 Å². The monoisotopic (exact) mass is 362 g/mol. The molecule has 1 aromatic heterocycles. The van der Waals surface area contributed by atoms with Gasteiger partial charge in [0.15, 0.2) is 0 Å².